The van der Waals surface area contributed by atoms with Crippen molar-refractivity contribution in [3.63, 3.8) is 0 Å². The van der Waals surface area contributed by atoms with Gasteiger partial charge >= 0.3 is 0 Å². The molecule has 0 saturated heterocycles. The predicted octanol–water partition coefficient (Wildman–Crippen LogP) is 1.89. The van der Waals surface area contributed by atoms with E-state index in [4.69, 9.17) is 0 Å². The Hall–Kier alpha value is -3.02. The number of hydrogen-bond acceptors (Lipinski definition) is 4. The monoisotopic (exact) mass is 342 g/mol. The molecule has 0 aliphatic heterocycles. The number of amides is 2. The number of nitrogens with one attached hydrogen (secondary N) is 2. The summed E-state index contributed by atoms with van der Waals surface area (Å²) in [6.07, 6.45) is 1.05. The summed E-state index contributed by atoms with van der Waals surface area (Å²) in [5, 5.41) is 24.1. The summed E-state index contributed by atoms with van der Waals surface area (Å²) in [6, 6.07) is 11.7. The van der Waals surface area contributed by atoms with Gasteiger partial charge in [0, 0.05) is 31.1 Å². The lowest BCUT2D eigenvalue weighted by Crippen LogP contribution is -2.34. The SMILES string of the molecule is Cc1ccc(CCC(=O)NCCNC(=O)c2cc(O)cc(O)c2)cc1. The number of carbonyl (C=O) groups excluding carboxylic acids is 2. The Morgan fingerprint density at radius 3 is 2.16 bits per heavy atom. The van der Waals surface area contributed by atoms with Crippen LogP contribution in [0.1, 0.15) is 27.9 Å². The van der Waals surface area contributed by atoms with E-state index in [1.54, 1.807) is 0 Å². The van der Waals surface area contributed by atoms with Gasteiger partial charge in [-0.15, -0.1) is 0 Å². The van der Waals surface area contributed by atoms with Crippen LogP contribution in [0.2, 0.25) is 0 Å². The summed E-state index contributed by atoms with van der Waals surface area (Å²) in [6.45, 7) is 2.58. The zero-order valence-electron chi connectivity index (χ0n) is 14.1. The van der Waals surface area contributed by atoms with E-state index in [1.807, 2.05) is 31.2 Å². The molecule has 0 aliphatic rings. The molecule has 0 unspecified atom stereocenters. The van der Waals surface area contributed by atoms with Gasteiger partial charge in [0.25, 0.3) is 5.91 Å². The fourth-order valence-corrected chi connectivity index (χ4v) is 2.31. The quantitative estimate of drug-likeness (QED) is 0.578. The highest BCUT2D eigenvalue weighted by Gasteiger charge is 2.08. The number of carbonyl (C=O) groups is 2. The first-order valence-electron chi connectivity index (χ1n) is 8.07. The second kappa shape index (κ2) is 8.73. The van der Waals surface area contributed by atoms with Crippen molar-refractivity contribution in [2.24, 2.45) is 0 Å². The van der Waals surface area contributed by atoms with E-state index in [0.717, 1.165) is 11.6 Å². The Morgan fingerprint density at radius 2 is 1.52 bits per heavy atom. The smallest absolute Gasteiger partial charge is 0.251 e. The third kappa shape index (κ3) is 6.18. The average Bonchev–Trinajstić information content (AvgIpc) is 2.57. The van der Waals surface area contributed by atoms with Gasteiger partial charge in [-0.05, 0) is 31.0 Å². The standard InChI is InChI=1S/C19H22N2O4/c1-13-2-4-14(5-3-13)6-7-18(24)20-8-9-21-19(25)15-10-16(22)12-17(23)11-15/h2-5,10-12,22-23H,6-9H2,1H3,(H,20,24)(H,21,25). The lowest BCUT2D eigenvalue weighted by Gasteiger charge is -2.08. The van der Waals surface area contributed by atoms with Gasteiger partial charge in [-0.2, -0.15) is 0 Å². The summed E-state index contributed by atoms with van der Waals surface area (Å²) in [4.78, 5) is 23.7. The van der Waals surface area contributed by atoms with Crippen molar-refractivity contribution in [2.75, 3.05) is 13.1 Å². The van der Waals surface area contributed by atoms with Crippen molar-refractivity contribution in [2.45, 2.75) is 19.8 Å². The minimum absolute atomic E-state index is 0.0789. The normalized spacial score (nSPS) is 10.3. The van der Waals surface area contributed by atoms with Gasteiger partial charge in [-0.25, -0.2) is 0 Å². The minimum atomic E-state index is -0.430. The van der Waals surface area contributed by atoms with E-state index >= 15 is 0 Å². The molecule has 132 valence electrons. The van der Waals surface area contributed by atoms with Crippen molar-refractivity contribution in [1.29, 1.82) is 0 Å². The molecule has 0 aromatic heterocycles. The summed E-state index contributed by atoms with van der Waals surface area (Å²) in [5.41, 5.74) is 2.45. The van der Waals surface area contributed by atoms with Crippen LogP contribution in [0.5, 0.6) is 11.5 Å². The molecular weight excluding hydrogens is 320 g/mol. The third-order valence-corrected chi connectivity index (χ3v) is 3.66. The first-order chi connectivity index (χ1) is 11.9. The molecule has 6 nitrogen and oxygen atoms in total. The highest BCUT2D eigenvalue weighted by atomic mass is 16.3. The van der Waals surface area contributed by atoms with Crippen LogP contribution in [0.4, 0.5) is 0 Å². The lowest BCUT2D eigenvalue weighted by molar-refractivity contribution is -0.121. The van der Waals surface area contributed by atoms with Gasteiger partial charge in [-0.3, -0.25) is 9.59 Å². The molecule has 2 aromatic carbocycles. The number of phenolic OH excluding ortho intramolecular Hbond substituents is 2. The van der Waals surface area contributed by atoms with Crippen molar-refractivity contribution in [1.82, 2.24) is 10.6 Å². The maximum atomic E-state index is 11.9. The molecule has 0 atom stereocenters. The maximum Gasteiger partial charge on any atom is 0.251 e. The average molecular weight is 342 g/mol. The molecule has 0 heterocycles. The second-order valence-corrected chi connectivity index (χ2v) is 5.83. The third-order valence-electron chi connectivity index (χ3n) is 3.66. The van der Waals surface area contributed by atoms with Crippen LogP contribution in [0.3, 0.4) is 0 Å². The van der Waals surface area contributed by atoms with Crippen LogP contribution < -0.4 is 10.6 Å². The number of benzene rings is 2. The van der Waals surface area contributed by atoms with Gasteiger partial charge in [0.05, 0.1) is 0 Å². The van der Waals surface area contributed by atoms with Gasteiger partial charge < -0.3 is 20.8 Å². The number of aryl methyl sites for hydroxylation is 2. The molecular formula is C19H22N2O4. The predicted molar refractivity (Wildman–Crippen MR) is 94.6 cm³/mol. The number of hydrogen-bond donors (Lipinski definition) is 4. The molecule has 0 saturated carbocycles. The zero-order valence-corrected chi connectivity index (χ0v) is 14.1. The molecule has 0 spiro atoms. The zero-order chi connectivity index (χ0) is 18.2. The van der Waals surface area contributed by atoms with Gasteiger partial charge in [0.2, 0.25) is 5.91 Å². The molecule has 0 aliphatic carbocycles. The highest BCUT2D eigenvalue weighted by molar-refractivity contribution is 5.95. The molecule has 4 N–H and O–H groups in total. The Labute approximate surface area is 146 Å². The maximum absolute atomic E-state index is 11.9. The van der Waals surface area contributed by atoms with Gasteiger partial charge in [0.15, 0.2) is 0 Å². The highest BCUT2D eigenvalue weighted by Crippen LogP contribution is 2.20. The van der Waals surface area contributed by atoms with Crippen LogP contribution in [0.25, 0.3) is 0 Å². The molecule has 6 heteroatoms. The van der Waals surface area contributed by atoms with Crippen LogP contribution in [-0.4, -0.2) is 35.1 Å². The summed E-state index contributed by atoms with van der Waals surface area (Å²) < 4.78 is 0. The van der Waals surface area contributed by atoms with Crippen molar-refractivity contribution in [3.8, 4) is 11.5 Å². The number of phenols is 2. The van der Waals surface area contributed by atoms with Crippen LogP contribution >= 0.6 is 0 Å². The summed E-state index contributed by atoms with van der Waals surface area (Å²) in [5.74, 6) is -0.881. The van der Waals surface area contributed by atoms with Crippen molar-refractivity contribution in [3.05, 3.63) is 59.2 Å². The second-order valence-electron chi connectivity index (χ2n) is 5.83. The Bertz CT molecular complexity index is 721. The van der Waals surface area contributed by atoms with E-state index in [1.165, 1.54) is 17.7 Å². The Morgan fingerprint density at radius 1 is 0.920 bits per heavy atom. The number of rotatable bonds is 7. The minimum Gasteiger partial charge on any atom is -0.508 e. The molecule has 0 bridgehead atoms. The molecule has 2 aromatic rings. The van der Waals surface area contributed by atoms with Crippen LogP contribution in [0.15, 0.2) is 42.5 Å². The Balaban J connectivity index is 1.67. The summed E-state index contributed by atoms with van der Waals surface area (Å²) in [7, 11) is 0. The van der Waals surface area contributed by atoms with Crippen LogP contribution in [0, 0.1) is 6.92 Å². The fourth-order valence-electron chi connectivity index (χ4n) is 2.31. The van der Waals surface area contributed by atoms with Crippen molar-refractivity contribution >= 4 is 11.8 Å². The summed E-state index contributed by atoms with van der Waals surface area (Å²) >= 11 is 0. The largest absolute Gasteiger partial charge is 0.508 e. The van der Waals surface area contributed by atoms with E-state index in [-0.39, 0.29) is 29.5 Å². The number of aromatic hydroxyl groups is 2. The van der Waals surface area contributed by atoms with Crippen molar-refractivity contribution < 1.29 is 19.8 Å². The first-order valence-corrected chi connectivity index (χ1v) is 8.07. The Kier molecular flexibility index (Phi) is 6.39. The van der Waals surface area contributed by atoms with E-state index in [9.17, 15) is 19.8 Å². The fraction of sp³-hybridized carbons (Fsp3) is 0.263. The van der Waals surface area contributed by atoms with Gasteiger partial charge in [0.1, 0.15) is 11.5 Å². The van der Waals surface area contributed by atoms with Crippen LogP contribution in [-0.2, 0) is 11.2 Å². The van der Waals surface area contributed by atoms with E-state index in [0.29, 0.717) is 19.4 Å². The first kappa shape index (κ1) is 18.3. The topological polar surface area (TPSA) is 98.7 Å². The van der Waals surface area contributed by atoms with Gasteiger partial charge in [-0.1, -0.05) is 29.8 Å². The molecule has 0 fully saturated rings. The van der Waals surface area contributed by atoms with E-state index in [2.05, 4.69) is 10.6 Å². The molecule has 2 rings (SSSR count). The lowest BCUT2D eigenvalue weighted by atomic mass is 10.1. The molecule has 2 amide bonds. The van der Waals surface area contributed by atoms with E-state index < -0.39 is 5.91 Å². The molecule has 25 heavy (non-hydrogen) atoms. The molecule has 0 radical (unpaired) electrons.